The first-order valence-corrected chi connectivity index (χ1v) is 7.34. The van der Waals surface area contributed by atoms with E-state index in [0.29, 0.717) is 18.1 Å². The maximum atomic E-state index is 12.3. The van der Waals surface area contributed by atoms with Crippen molar-refractivity contribution in [2.24, 2.45) is 0 Å². The fraction of sp³-hybridized carbons (Fsp3) is 0.667. The summed E-state index contributed by atoms with van der Waals surface area (Å²) < 4.78 is 36.8. The Balaban J connectivity index is 2.92. The number of amides is 1. The molecule has 1 heterocycles. The van der Waals surface area contributed by atoms with E-state index >= 15 is 0 Å². The van der Waals surface area contributed by atoms with Crippen molar-refractivity contribution in [2.45, 2.75) is 58.2 Å². The minimum absolute atomic E-state index is 0.279. The van der Waals surface area contributed by atoms with Crippen molar-refractivity contribution < 1.29 is 18.0 Å². The normalized spacial score (nSPS) is 15.0. The Morgan fingerprint density at radius 3 is 2.30 bits per heavy atom. The van der Waals surface area contributed by atoms with Gasteiger partial charge in [-0.25, -0.2) is 9.97 Å². The van der Waals surface area contributed by atoms with E-state index < -0.39 is 24.2 Å². The summed E-state index contributed by atoms with van der Waals surface area (Å²) in [6, 6.07) is 1.58. The molecule has 0 radical (unpaired) electrons. The van der Waals surface area contributed by atoms with Gasteiger partial charge in [0, 0.05) is 11.6 Å². The summed E-state index contributed by atoms with van der Waals surface area (Å²) >= 11 is 0. The first kappa shape index (κ1) is 19.2. The molecule has 1 aromatic rings. The van der Waals surface area contributed by atoms with E-state index in [1.54, 1.807) is 19.2 Å². The average molecular weight is 332 g/mol. The third kappa shape index (κ3) is 5.69. The maximum absolute atomic E-state index is 12.3. The molecular formula is C15H23F3N4O. The van der Waals surface area contributed by atoms with Crippen molar-refractivity contribution in [2.75, 3.05) is 11.9 Å². The Hall–Kier alpha value is -1.86. The molecule has 130 valence electrons. The number of nitrogens with zero attached hydrogens (tertiary/aromatic N) is 2. The fourth-order valence-electron chi connectivity index (χ4n) is 1.75. The minimum atomic E-state index is -4.45. The molecule has 1 rings (SSSR count). The van der Waals surface area contributed by atoms with Gasteiger partial charge in [-0.3, -0.25) is 4.79 Å². The first-order valence-electron chi connectivity index (χ1n) is 7.34. The lowest BCUT2D eigenvalue weighted by molar-refractivity contribution is -0.140. The fourth-order valence-corrected chi connectivity index (χ4v) is 1.75. The van der Waals surface area contributed by atoms with Crippen LogP contribution in [0.4, 0.5) is 19.0 Å². The number of hydrogen-bond acceptors (Lipinski definition) is 4. The van der Waals surface area contributed by atoms with Crippen molar-refractivity contribution in [3.8, 4) is 0 Å². The van der Waals surface area contributed by atoms with Gasteiger partial charge < -0.3 is 10.6 Å². The molecular weight excluding hydrogens is 309 g/mol. The number of rotatable bonds is 5. The van der Waals surface area contributed by atoms with E-state index in [4.69, 9.17) is 0 Å². The standard InChI is InChI=1S/C15H23F3N4O/c1-6-14(5,12(23)20-9-15(16,17)18)22-10-7-8-19-11(21-10)13(2,3)4/h7-8H,6,9H2,1-5H3,(H,20,23)(H,19,21,22)/t14-/m1/s1. The quantitative estimate of drug-likeness (QED) is 0.870. The van der Waals surface area contributed by atoms with Gasteiger partial charge in [0.15, 0.2) is 0 Å². The molecule has 1 amide bonds. The van der Waals surface area contributed by atoms with E-state index in [2.05, 4.69) is 15.3 Å². The van der Waals surface area contributed by atoms with Crippen LogP contribution < -0.4 is 10.6 Å². The van der Waals surface area contributed by atoms with Gasteiger partial charge in [0.25, 0.3) is 0 Å². The van der Waals surface area contributed by atoms with Gasteiger partial charge in [0.2, 0.25) is 5.91 Å². The zero-order chi connectivity index (χ0) is 17.9. The van der Waals surface area contributed by atoms with Crippen LogP contribution in [0.25, 0.3) is 0 Å². The van der Waals surface area contributed by atoms with Crippen LogP contribution in [0.3, 0.4) is 0 Å². The van der Waals surface area contributed by atoms with Gasteiger partial charge in [0.1, 0.15) is 23.7 Å². The Morgan fingerprint density at radius 1 is 1.22 bits per heavy atom. The first-order chi connectivity index (χ1) is 10.4. The monoisotopic (exact) mass is 332 g/mol. The molecule has 5 nitrogen and oxygen atoms in total. The van der Waals surface area contributed by atoms with Crippen molar-refractivity contribution in [3.63, 3.8) is 0 Å². The number of nitrogens with one attached hydrogen (secondary N) is 2. The van der Waals surface area contributed by atoms with Gasteiger partial charge >= 0.3 is 6.18 Å². The zero-order valence-corrected chi connectivity index (χ0v) is 14.0. The van der Waals surface area contributed by atoms with Gasteiger partial charge in [-0.1, -0.05) is 27.7 Å². The summed E-state index contributed by atoms with van der Waals surface area (Å²) in [5, 5.41) is 4.83. The summed E-state index contributed by atoms with van der Waals surface area (Å²) in [5.41, 5.74) is -1.48. The molecule has 0 fully saturated rings. The highest BCUT2D eigenvalue weighted by atomic mass is 19.4. The molecule has 0 unspecified atom stereocenters. The highest BCUT2D eigenvalue weighted by Crippen LogP contribution is 2.22. The number of anilines is 1. The van der Waals surface area contributed by atoms with E-state index in [-0.39, 0.29) is 5.41 Å². The molecule has 0 aliphatic carbocycles. The lowest BCUT2D eigenvalue weighted by Crippen LogP contribution is -2.52. The molecule has 0 saturated carbocycles. The van der Waals surface area contributed by atoms with Crippen molar-refractivity contribution in [3.05, 3.63) is 18.1 Å². The molecule has 0 aromatic carbocycles. The highest BCUT2D eigenvalue weighted by molar-refractivity contribution is 5.88. The Morgan fingerprint density at radius 2 is 1.83 bits per heavy atom. The zero-order valence-electron chi connectivity index (χ0n) is 14.0. The number of alkyl halides is 3. The van der Waals surface area contributed by atoms with Crippen LogP contribution in [-0.2, 0) is 10.2 Å². The van der Waals surface area contributed by atoms with Crippen LogP contribution in [0.2, 0.25) is 0 Å². The van der Waals surface area contributed by atoms with Crippen LogP contribution in [0, 0.1) is 0 Å². The third-order valence-corrected chi connectivity index (χ3v) is 3.39. The van der Waals surface area contributed by atoms with Crippen molar-refractivity contribution in [1.82, 2.24) is 15.3 Å². The summed E-state index contributed by atoms with van der Waals surface area (Å²) in [6.45, 7) is 7.73. The molecule has 0 bridgehead atoms. The molecule has 1 aromatic heterocycles. The van der Waals surface area contributed by atoms with Crippen LogP contribution in [-0.4, -0.2) is 34.1 Å². The van der Waals surface area contributed by atoms with E-state index in [1.165, 1.54) is 6.92 Å². The third-order valence-electron chi connectivity index (χ3n) is 3.39. The van der Waals surface area contributed by atoms with Crippen molar-refractivity contribution >= 4 is 11.7 Å². The van der Waals surface area contributed by atoms with E-state index in [0.717, 1.165) is 0 Å². The molecule has 1 atom stereocenters. The highest BCUT2D eigenvalue weighted by Gasteiger charge is 2.35. The SMILES string of the molecule is CC[C@@](C)(Nc1ccnc(C(C)(C)C)n1)C(=O)NCC(F)(F)F. The number of carbonyl (C=O) groups excluding carboxylic acids is 1. The second kappa shape index (κ2) is 6.72. The molecule has 0 aliphatic heterocycles. The predicted octanol–water partition coefficient (Wildman–Crippen LogP) is 3.03. The van der Waals surface area contributed by atoms with Gasteiger partial charge in [-0.05, 0) is 19.4 Å². The largest absolute Gasteiger partial charge is 0.405 e. The van der Waals surface area contributed by atoms with Crippen molar-refractivity contribution in [1.29, 1.82) is 0 Å². The predicted molar refractivity (Wildman–Crippen MR) is 82.1 cm³/mol. The Kier molecular flexibility index (Phi) is 5.60. The minimum Gasteiger partial charge on any atom is -0.356 e. The maximum Gasteiger partial charge on any atom is 0.405 e. The molecule has 2 N–H and O–H groups in total. The summed E-state index contributed by atoms with van der Waals surface area (Å²) in [6.07, 6.45) is -2.59. The van der Waals surface area contributed by atoms with Crippen LogP contribution in [0.1, 0.15) is 46.9 Å². The summed E-state index contributed by atoms with van der Waals surface area (Å²) in [5.74, 6) is 0.251. The average Bonchev–Trinajstić information content (AvgIpc) is 2.43. The number of aromatic nitrogens is 2. The Labute approximate surface area is 134 Å². The molecule has 8 heteroatoms. The van der Waals surface area contributed by atoms with Gasteiger partial charge in [-0.2, -0.15) is 13.2 Å². The molecule has 0 spiro atoms. The van der Waals surface area contributed by atoms with Gasteiger partial charge in [-0.15, -0.1) is 0 Å². The number of carbonyl (C=O) groups is 1. The second-order valence-corrected chi connectivity index (χ2v) is 6.62. The van der Waals surface area contributed by atoms with Crippen LogP contribution in [0.15, 0.2) is 12.3 Å². The summed E-state index contributed by atoms with van der Waals surface area (Å²) in [7, 11) is 0. The molecule has 0 saturated heterocycles. The Bertz CT molecular complexity index is 554. The van der Waals surface area contributed by atoms with Crippen LogP contribution >= 0.6 is 0 Å². The van der Waals surface area contributed by atoms with E-state index in [1.807, 2.05) is 26.1 Å². The lowest BCUT2D eigenvalue weighted by Gasteiger charge is -2.29. The summed E-state index contributed by atoms with van der Waals surface area (Å²) in [4.78, 5) is 20.6. The number of halogens is 3. The molecule has 23 heavy (non-hydrogen) atoms. The van der Waals surface area contributed by atoms with Crippen LogP contribution in [0.5, 0.6) is 0 Å². The van der Waals surface area contributed by atoms with Gasteiger partial charge in [0.05, 0.1) is 0 Å². The molecule has 0 aliphatic rings. The van der Waals surface area contributed by atoms with E-state index in [9.17, 15) is 18.0 Å². The number of hydrogen-bond donors (Lipinski definition) is 2. The second-order valence-electron chi connectivity index (χ2n) is 6.62. The smallest absolute Gasteiger partial charge is 0.356 e. The topological polar surface area (TPSA) is 66.9 Å². The lowest BCUT2D eigenvalue weighted by atomic mass is 9.95.